The summed E-state index contributed by atoms with van der Waals surface area (Å²) in [7, 11) is 5.18. The number of hydrogen-bond acceptors (Lipinski definition) is 6. The summed E-state index contributed by atoms with van der Waals surface area (Å²) in [5.74, 6) is 0.536. The molecule has 0 aromatic carbocycles. The Hall–Kier alpha value is -1.26. The lowest BCUT2D eigenvalue weighted by molar-refractivity contribution is -0.965. The first-order valence-electron chi connectivity index (χ1n) is 12.8. The SMILES string of the molecule is CNC(=O)C1CC2C(=O)N3CCCC(C)C3NC2[NH+](CCC2CCC(OC)C(OC)C2)C1N. The van der Waals surface area contributed by atoms with Crippen LogP contribution in [0.5, 0.6) is 0 Å². The quantitative estimate of drug-likeness (QED) is 0.411. The van der Waals surface area contributed by atoms with Gasteiger partial charge in [-0.2, -0.15) is 0 Å². The number of nitrogens with one attached hydrogen (secondary N) is 3. The molecule has 9 nitrogen and oxygen atoms in total. The van der Waals surface area contributed by atoms with E-state index in [-0.39, 0.29) is 54.4 Å². The first kappa shape index (κ1) is 24.9. The molecule has 4 fully saturated rings. The predicted octanol–water partition coefficient (Wildman–Crippen LogP) is -0.728. The van der Waals surface area contributed by atoms with Crippen molar-refractivity contribution < 1.29 is 24.0 Å². The third-order valence-corrected chi connectivity index (χ3v) is 8.92. The first-order chi connectivity index (χ1) is 15.9. The van der Waals surface area contributed by atoms with Crippen LogP contribution in [-0.4, -0.2) is 81.8 Å². The van der Waals surface area contributed by atoms with Gasteiger partial charge in [-0.1, -0.05) is 6.92 Å². The molecule has 33 heavy (non-hydrogen) atoms. The van der Waals surface area contributed by atoms with Crippen LogP contribution in [0.25, 0.3) is 0 Å². The number of methoxy groups -OCH3 is 2. The molecule has 188 valence electrons. The smallest absolute Gasteiger partial charge is 0.234 e. The lowest BCUT2D eigenvalue weighted by Gasteiger charge is -2.54. The third kappa shape index (κ3) is 4.80. The van der Waals surface area contributed by atoms with Crippen molar-refractivity contribution in [2.45, 2.75) is 82.6 Å². The highest BCUT2D eigenvalue weighted by Gasteiger charge is 2.55. The van der Waals surface area contributed by atoms with Crippen molar-refractivity contribution >= 4 is 11.8 Å². The van der Waals surface area contributed by atoms with Gasteiger partial charge in [0.15, 0.2) is 12.3 Å². The monoisotopic (exact) mass is 466 g/mol. The van der Waals surface area contributed by atoms with E-state index in [0.29, 0.717) is 18.3 Å². The van der Waals surface area contributed by atoms with E-state index in [1.165, 1.54) is 0 Å². The van der Waals surface area contributed by atoms with Gasteiger partial charge in [0.05, 0.1) is 24.9 Å². The Kier molecular flexibility index (Phi) is 7.95. The summed E-state index contributed by atoms with van der Waals surface area (Å²) in [6.45, 7) is 3.87. The normalized spacial score (nSPS) is 43.5. The lowest BCUT2D eigenvalue weighted by atomic mass is 9.78. The summed E-state index contributed by atoms with van der Waals surface area (Å²) in [6, 6.07) is 0. The van der Waals surface area contributed by atoms with E-state index in [4.69, 9.17) is 15.2 Å². The van der Waals surface area contributed by atoms with E-state index in [0.717, 1.165) is 56.5 Å². The second kappa shape index (κ2) is 10.6. The van der Waals surface area contributed by atoms with Crippen LogP contribution in [0, 0.1) is 23.7 Å². The molecular weight excluding hydrogens is 422 g/mol. The predicted molar refractivity (Wildman–Crippen MR) is 124 cm³/mol. The molecule has 1 saturated carbocycles. The molecule has 3 saturated heterocycles. The summed E-state index contributed by atoms with van der Waals surface area (Å²) < 4.78 is 11.3. The second-order valence-electron chi connectivity index (χ2n) is 10.7. The molecule has 10 atom stereocenters. The van der Waals surface area contributed by atoms with E-state index >= 15 is 0 Å². The fourth-order valence-electron chi connectivity index (χ4n) is 6.95. The molecule has 4 rings (SSSR count). The molecule has 3 aliphatic heterocycles. The highest BCUT2D eigenvalue weighted by molar-refractivity contribution is 5.83. The number of likely N-dealkylation sites (tertiary alicyclic amines) is 1. The average molecular weight is 467 g/mol. The number of carbonyl (C=O) groups is 2. The maximum Gasteiger partial charge on any atom is 0.234 e. The van der Waals surface area contributed by atoms with Gasteiger partial charge in [0, 0.05) is 27.8 Å². The summed E-state index contributed by atoms with van der Waals surface area (Å²) in [5.41, 5.74) is 6.76. The van der Waals surface area contributed by atoms with Crippen LogP contribution in [0.15, 0.2) is 0 Å². The molecule has 0 aromatic heterocycles. The average Bonchev–Trinajstić information content (AvgIpc) is 2.83. The van der Waals surface area contributed by atoms with Crippen LogP contribution in [0.1, 0.15) is 51.9 Å². The Labute approximate surface area is 198 Å². The Bertz CT molecular complexity index is 708. The molecule has 0 aromatic rings. The largest absolute Gasteiger partial charge is 0.379 e. The maximum absolute atomic E-state index is 13.6. The number of ether oxygens (including phenoxy) is 2. The molecule has 10 unspecified atom stereocenters. The van der Waals surface area contributed by atoms with E-state index in [1.807, 2.05) is 4.90 Å². The van der Waals surface area contributed by atoms with E-state index < -0.39 is 0 Å². The molecular formula is C24H44N5O4+. The van der Waals surface area contributed by atoms with Crippen LogP contribution in [0.4, 0.5) is 0 Å². The van der Waals surface area contributed by atoms with Gasteiger partial charge >= 0.3 is 0 Å². The molecule has 1 aliphatic carbocycles. The lowest BCUT2D eigenvalue weighted by Crippen LogP contribution is -3.26. The van der Waals surface area contributed by atoms with Gasteiger partial charge in [0.1, 0.15) is 11.8 Å². The standard InChI is InChI=1S/C24H43N5O4/c1-14-6-5-10-29-21(14)27-22-17(24(29)31)13-16(23(30)26-2)20(25)28(22)11-9-15-7-8-18(32-3)19(12-15)33-4/h14-22,27H,5-13,25H2,1-4H3,(H,26,30)/p+1. The number of fused-ring (bicyclic) bond motifs is 2. The molecule has 9 heteroatoms. The van der Waals surface area contributed by atoms with Crippen LogP contribution in [0.2, 0.25) is 0 Å². The van der Waals surface area contributed by atoms with Gasteiger partial charge in [-0.15, -0.1) is 0 Å². The van der Waals surface area contributed by atoms with Crippen LogP contribution < -0.4 is 21.3 Å². The number of hydrogen-bond donors (Lipinski definition) is 4. The fraction of sp³-hybridized carbons (Fsp3) is 0.917. The minimum absolute atomic E-state index is 0.0382. The minimum Gasteiger partial charge on any atom is -0.379 e. The van der Waals surface area contributed by atoms with Crippen molar-refractivity contribution in [2.75, 3.05) is 34.4 Å². The molecule has 0 spiro atoms. The maximum atomic E-state index is 13.6. The van der Waals surface area contributed by atoms with Crippen molar-refractivity contribution in [2.24, 2.45) is 29.4 Å². The van der Waals surface area contributed by atoms with E-state index in [9.17, 15) is 9.59 Å². The number of piperidine rings is 2. The van der Waals surface area contributed by atoms with E-state index in [1.54, 1.807) is 21.3 Å². The van der Waals surface area contributed by atoms with Crippen molar-refractivity contribution in [1.82, 2.24) is 15.5 Å². The highest BCUT2D eigenvalue weighted by Crippen LogP contribution is 2.33. The zero-order valence-electron chi connectivity index (χ0n) is 20.7. The molecule has 0 bridgehead atoms. The van der Waals surface area contributed by atoms with Gasteiger partial charge in [0.2, 0.25) is 11.8 Å². The summed E-state index contributed by atoms with van der Waals surface area (Å²) in [5, 5.41) is 6.61. The molecule has 0 radical (unpaired) electrons. The topological polar surface area (TPSA) is 110 Å². The van der Waals surface area contributed by atoms with E-state index in [2.05, 4.69) is 17.6 Å². The first-order valence-corrected chi connectivity index (χ1v) is 12.8. The number of nitrogens with two attached hydrogens (primary N) is 1. The number of rotatable bonds is 6. The van der Waals surface area contributed by atoms with Crippen molar-refractivity contribution in [3.63, 3.8) is 0 Å². The van der Waals surface area contributed by atoms with Gasteiger partial charge in [-0.05, 0) is 56.8 Å². The van der Waals surface area contributed by atoms with Gasteiger partial charge in [-0.3, -0.25) is 15.3 Å². The Balaban J connectivity index is 1.51. The Morgan fingerprint density at radius 3 is 2.67 bits per heavy atom. The number of carbonyl (C=O) groups excluding carboxylic acids is 2. The number of quaternary nitrogens is 1. The Morgan fingerprint density at radius 1 is 1.21 bits per heavy atom. The molecule has 5 N–H and O–H groups in total. The van der Waals surface area contributed by atoms with Gasteiger partial charge in [-0.25, -0.2) is 5.32 Å². The number of nitrogens with zero attached hydrogens (tertiary/aromatic N) is 1. The minimum atomic E-state index is -0.355. The van der Waals surface area contributed by atoms with Crippen LogP contribution >= 0.6 is 0 Å². The van der Waals surface area contributed by atoms with Crippen molar-refractivity contribution in [3.8, 4) is 0 Å². The molecule has 3 heterocycles. The fourth-order valence-corrected chi connectivity index (χ4v) is 6.95. The molecule has 4 aliphatic rings. The summed E-state index contributed by atoms with van der Waals surface area (Å²) in [6.07, 6.45) is 6.76. The third-order valence-electron chi connectivity index (χ3n) is 8.92. The van der Waals surface area contributed by atoms with Crippen molar-refractivity contribution in [1.29, 1.82) is 0 Å². The highest BCUT2D eigenvalue weighted by atomic mass is 16.5. The van der Waals surface area contributed by atoms with Crippen LogP contribution in [-0.2, 0) is 19.1 Å². The van der Waals surface area contributed by atoms with Gasteiger partial charge < -0.3 is 24.6 Å². The summed E-state index contributed by atoms with van der Waals surface area (Å²) >= 11 is 0. The molecule has 2 amide bonds. The zero-order valence-corrected chi connectivity index (χ0v) is 20.7. The summed E-state index contributed by atoms with van der Waals surface area (Å²) in [4.78, 5) is 29.5. The van der Waals surface area contributed by atoms with Gasteiger partial charge in [0.25, 0.3) is 0 Å². The van der Waals surface area contributed by atoms with Crippen LogP contribution in [0.3, 0.4) is 0 Å². The Morgan fingerprint density at radius 2 is 1.97 bits per heavy atom. The van der Waals surface area contributed by atoms with Crippen molar-refractivity contribution in [3.05, 3.63) is 0 Å². The zero-order chi connectivity index (χ0) is 23.7. The second-order valence-corrected chi connectivity index (χ2v) is 10.7. The number of amides is 2.